The van der Waals surface area contributed by atoms with Crippen molar-refractivity contribution >= 4 is 35.6 Å². The Bertz CT molecular complexity index is 782. The van der Waals surface area contributed by atoms with E-state index in [0.29, 0.717) is 13.0 Å². The van der Waals surface area contributed by atoms with Gasteiger partial charge in [-0.2, -0.15) is 0 Å². The normalized spacial score (nSPS) is 14.4. The van der Waals surface area contributed by atoms with E-state index in [1.54, 1.807) is 13.8 Å². The third kappa shape index (κ3) is 13.2. The molecule has 14 nitrogen and oxygen atoms in total. The summed E-state index contributed by atoms with van der Waals surface area (Å²) in [5.74, 6) is -4.78. The van der Waals surface area contributed by atoms with Crippen molar-refractivity contribution < 1.29 is 29.1 Å². The highest BCUT2D eigenvalue weighted by molar-refractivity contribution is 5.95. The van der Waals surface area contributed by atoms with Gasteiger partial charge in [0.05, 0.1) is 12.5 Å². The van der Waals surface area contributed by atoms with Crippen LogP contribution in [0.5, 0.6) is 0 Å². The summed E-state index contributed by atoms with van der Waals surface area (Å²) in [6.45, 7) is 7.34. The van der Waals surface area contributed by atoms with Crippen LogP contribution in [0.25, 0.3) is 0 Å². The van der Waals surface area contributed by atoms with Gasteiger partial charge in [-0.3, -0.25) is 24.2 Å². The van der Waals surface area contributed by atoms with Gasteiger partial charge in [-0.05, 0) is 31.1 Å². The number of nitrogens with one attached hydrogen (secondary N) is 3. The highest BCUT2D eigenvalue weighted by Gasteiger charge is 2.32. The van der Waals surface area contributed by atoms with Crippen LogP contribution in [0.2, 0.25) is 0 Å². The van der Waals surface area contributed by atoms with Gasteiger partial charge in [0.15, 0.2) is 5.96 Å². The van der Waals surface area contributed by atoms with Gasteiger partial charge in [0.2, 0.25) is 23.6 Å². The largest absolute Gasteiger partial charge is 0.480 e. The molecule has 0 saturated carbocycles. The van der Waals surface area contributed by atoms with Gasteiger partial charge < -0.3 is 44.0 Å². The van der Waals surface area contributed by atoms with Crippen molar-refractivity contribution in [2.75, 3.05) is 6.54 Å². The van der Waals surface area contributed by atoms with Crippen LogP contribution < -0.4 is 38.9 Å². The number of nitrogens with zero attached hydrogens (tertiary/aromatic N) is 1. The monoisotopic (exact) mass is 500 g/mol. The Kier molecular flexibility index (Phi) is 14.0. The zero-order valence-electron chi connectivity index (χ0n) is 20.7. The van der Waals surface area contributed by atoms with Crippen molar-refractivity contribution in [2.45, 2.75) is 77.5 Å². The van der Waals surface area contributed by atoms with E-state index in [9.17, 15) is 29.1 Å². The molecule has 0 spiro atoms. The molecule has 0 saturated heterocycles. The summed E-state index contributed by atoms with van der Waals surface area (Å²) in [5.41, 5.74) is 21.5. The zero-order chi connectivity index (χ0) is 27.3. The lowest BCUT2D eigenvalue weighted by atomic mass is 9.99. The Balaban J connectivity index is 5.33. The summed E-state index contributed by atoms with van der Waals surface area (Å²) in [6.07, 6.45) is 0.320. The minimum Gasteiger partial charge on any atom is -0.480 e. The zero-order valence-corrected chi connectivity index (χ0v) is 20.7. The number of hydrogen-bond donors (Lipinski definition) is 8. The van der Waals surface area contributed by atoms with Crippen LogP contribution in [0.4, 0.5) is 0 Å². The number of amides is 4. The van der Waals surface area contributed by atoms with Crippen LogP contribution in [-0.4, -0.2) is 71.4 Å². The maximum atomic E-state index is 13.0. The number of hydrogen-bond acceptors (Lipinski definition) is 7. The predicted octanol–water partition coefficient (Wildman–Crippen LogP) is -2.52. The summed E-state index contributed by atoms with van der Waals surface area (Å²) in [7, 11) is 0. The first-order valence-electron chi connectivity index (χ1n) is 11.4. The lowest BCUT2D eigenvalue weighted by Crippen LogP contribution is -2.58. The molecule has 4 unspecified atom stereocenters. The fraction of sp³-hybridized carbons (Fsp3) is 0.714. The molecule has 0 aliphatic heterocycles. The molecule has 0 radical (unpaired) electrons. The first-order valence-corrected chi connectivity index (χ1v) is 11.4. The molecule has 200 valence electrons. The summed E-state index contributed by atoms with van der Waals surface area (Å²) in [5, 5.41) is 16.7. The van der Waals surface area contributed by atoms with Crippen LogP contribution in [0, 0.1) is 11.8 Å². The molecular weight excluding hydrogens is 460 g/mol. The van der Waals surface area contributed by atoms with Crippen molar-refractivity contribution in [3.8, 4) is 0 Å². The smallest absolute Gasteiger partial charge is 0.326 e. The third-order valence-electron chi connectivity index (χ3n) is 4.91. The van der Waals surface area contributed by atoms with Gasteiger partial charge in [0, 0.05) is 6.54 Å². The Morgan fingerprint density at radius 2 is 1.43 bits per heavy atom. The third-order valence-corrected chi connectivity index (χ3v) is 4.91. The molecule has 0 aromatic rings. The Hall–Kier alpha value is -3.42. The molecule has 14 heteroatoms. The number of carbonyl (C=O) groups is 5. The summed E-state index contributed by atoms with van der Waals surface area (Å²) >= 11 is 0. The first kappa shape index (κ1) is 31.6. The number of carboxylic acid groups (broad SMARTS) is 1. The van der Waals surface area contributed by atoms with E-state index in [-0.39, 0.29) is 30.6 Å². The van der Waals surface area contributed by atoms with E-state index in [2.05, 4.69) is 20.9 Å². The van der Waals surface area contributed by atoms with E-state index in [1.165, 1.54) is 0 Å². The maximum absolute atomic E-state index is 13.0. The molecule has 0 aromatic heterocycles. The molecule has 4 amide bonds. The first-order chi connectivity index (χ1) is 16.1. The van der Waals surface area contributed by atoms with Gasteiger partial charge in [-0.25, -0.2) is 4.79 Å². The molecule has 4 atom stereocenters. The number of rotatable bonds is 16. The number of nitrogens with two attached hydrogens (primary N) is 4. The molecule has 0 rings (SSSR count). The van der Waals surface area contributed by atoms with E-state index in [4.69, 9.17) is 22.9 Å². The highest BCUT2D eigenvalue weighted by Crippen LogP contribution is 2.09. The van der Waals surface area contributed by atoms with Crippen LogP contribution in [-0.2, 0) is 24.0 Å². The average Bonchev–Trinajstić information content (AvgIpc) is 2.72. The molecule has 0 aliphatic rings. The predicted molar refractivity (Wildman–Crippen MR) is 129 cm³/mol. The number of carboxylic acids is 1. The maximum Gasteiger partial charge on any atom is 0.326 e. The summed E-state index contributed by atoms with van der Waals surface area (Å²) in [6, 6.07) is -4.56. The van der Waals surface area contributed by atoms with Crippen molar-refractivity contribution in [3.63, 3.8) is 0 Å². The van der Waals surface area contributed by atoms with E-state index in [0.717, 1.165) is 0 Å². The topological polar surface area (TPSA) is 258 Å². The summed E-state index contributed by atoms with van der Waals surface area (Å²) in [4.78, 5) is 64.6. The minimum absolute atomic E-state index is 0.0452. The molecule has 0 heterocycles. The van der Waals surface area contributed by atoms with Crippen LogP contribution >= 0.6 is 0 Å². The van der Waals surface area contributed by atoms with Crippen molar-refractivity contribution in [2.24, 2.45) is 39.8 Å². The van der Waals surface area contributed by atoms with Gasteiger partial charge in [0.25, 0.3) is 0 Å². The molecule has 0 aliphatic carbocycles. The van der Waals surface area contributed by atoms with Crippen LogP contribution in [0.15, 0.2) is 4.99 Å². The van der Waals surface area contributed by atoms with Gasteiger partial charge >= 0.3 is 5.97 Å². The molecule has 35 heavy (non-hydrogen) atoms. The van der Waals surface area contributed by atoms with Gasteiger partial charge in [-0.1, -0.05) is 27.7 Å². The number of carbonyl (C=O) groups excluding carboxylic acids is 4. The average molecular weight is 501 g/mol. The lowest BCUT2D eigenvalue weighted by molar-refractivity contribution is -0.144. The van der Waals surface area contributed by atoms with Crippen molar-refractivity contribution in [1.82, 2.24) is 16.0 Å². The van der Waals surface area contributed by atoms with Crippen LogP contribution in [0.3, 0.4) is 0 Å². The van der Waals surface area contributed by atoms with Crippen LogP contribution in [0.1, 0.15) is 53.4 Å². The second-order valence-electron chi connectivity index (χ2n) is 9.05. The number of primary amides is 1. The van der Waals surface area contributed by atoms with E-state index in [1.807, 2.05) is 13.8 Å². The fourth-order valence-electron chi connectivity index (χ4n) is 3.08. The minimum atomic E-state index is -1.54. The SMILES string of the molecule is CC(C)CC(NC(=O)C(NC(=O)C(N)CCCN=C(N)N)C(C)C)C(=O)NC(CC(N)=O)C(=O)O. The molecule has 12 N–H and O–H groups in total. The second-order valence-corrected chi connectivity index (χ2v) is 9.05. The molecule has 0 bridgehead atoms. The Morgan fingerprint density at radius 1 is 0.857 bits per heavy atom. The highest BCUT2D eigenvalue weighted by atomic mass is 16.4. The van der Waals surface area contributed by atoms with Gasteiger partial charge in [-0.15, -0.1) is 0 Å². The summed E-state index contributed by atoms with van der Waals surface area (Å²) < 4.78 is 0. The van der Waals surface area contributed by atoms with E-state index >= 15 is 0 Å². The van der Waals surface area contributed by atoms with E-state index < -0.39 is 60.2 Å². The standard InChI is InChI=1S/C21H40N8O6/c1-10(2)8-13(18(32)28-14(20(34)35)9-15(23)30)27-19(33)16(11(3)4)29-17(31)12(22)6-5-7-26-21(24)25/h10-14,16H,5-9,22H2,1-4H3,(H2,23,30)(H,27,33)(H,28,32)(H,29,31)(H,34,35)(H4,24,25,26). The second kappa shape index (κ2) is 15.5. The fourth-order valence-corrected chi connectivity index (χ4v) is 3.08. The Labute approximate surface area is 205 Å². The quantitative estimate of drug-likeness (QED) is 0.0631. The molecule has 0 aromatic carbocycles. The number of guanidine groups is 1. The van der Waals surface area contributed by atoms with Crippen molar-refractivity contribution in [1.29, 1.82) is 0 Å². The molecular formula is C21H40N8O6. The lowest BCUT2D eigenvalue weighted by Gasteiger charge is -2.27. The van der Waals surface area contributed by atoms with Crippen molar-refractivity contribution in [3.05, 3.63) is 0 Å². The molecule has 0 fully saturated rings. The Morgan fingerprint density at radius 3 is 1.89 bits per heavy atom. The number of aliphatic carboxylic acids is 1. The number of aliphatic imine (C=N–C) groups is 1. The van der Waals surface area contributed by atoms with Gasteiger partial charge in [0.1, 0.15) is 18.1 Å².